The Morgan fingerprint density at radius 3 is 2.00 bits per heavy atom. The van der Waals surface area contributed by atoms with E-state index < -0.39 is 0 Å². The van der Waals surface area contributed by atoms with Crippen LogP contribution in [-0.4, -0.2) is 33.4 Å². The largest absolute Gasteiger partial charge is 0.496 e. The summed E-state index contributed by atoms with van der Waals surface area (Å²) in [5.41, 5.74) is 4.91. The lowest BCUT2D eigenvalue weighted by atomic mass is 9.90. The highest BCUT2D eigenvalue weighted by molar-refractivity contribution is 6.09. The van der Waals surface area contributed by atoms with E-state index in [4.69, 9.17) is 23.9 Å². The van der Waals surface area contributed by atoms with Gasteiger partial charge >= 0.3 is 0 Å². The number of hydrogen-bond donors (Lipinski definition) is 0. The molecule has 160 valence electrons. The van der Waals surface area contributed by atoms with Gasteiger partial charge in [-0.25, -0.2) is 0 Å². The number of fused-ring (bicyclic) bond motifs is 2. The van der Waals surface area contributed by atoms with Crippen molar-refractivity contribution in [2.45, 2.75) is 20.8 Å². The number of ether oxygens (including phenoxy) is 4. The van der Waals surface area contributed by atoms with Crippen LogP contribution in [0.25, 0.3) is 32.7 Å². The fraction of sp³-hybridized carbons (Fsp3) is 0.269. The average Bonchev–Trinajstić information content (AvgIpc) is 2.77. The van der Waals surface area contributed by atoms with Crippen LogP contribution in [0.1, 0.15) is 17.0 Å². The first-order chi connectivity index (χ1) is 15.0. The molecule has 5 nitrogen and oxygen atoms in total. The zero-order valence-corrected chi connectivity index (χ0v) is 19.0. The van der Waals surface area contributed by atoms with E-state index in [-0.39, 0.29) is 0 Å². The van der Waals surface area contributed by atoms with Gasteiger partial charge in [0.1, 0.15) is 23.0 Å². The summed E-state index contributed by atoms with van der Waals surface area (Å²) in [6, 6.07) is 12.3. The van der Waals surface area contributed by atoms with Crippen molar-refractivity contribution in [2.75, 3.05) is 28.4 Å². The van der Waals surface area contributed by atoms with Gasteiger partial charge in [0.25, 0.3) is 0 Å². The molecule has 0 aliphatic carbocycles. The predicted molar refractivity (Wildman–Crippen MR) is 125 cm³/mol. The van der Waals surface area contributed by atoms with Crippen LogP contribution in [0, 0.1) is 20.8 Å². The van der Waals surface area contributed by atoms with Gasteiger partial charge in [0.2, 0.25) is 0 Å². The van der Waals surface area contributed by atoms with Crippen LogP contribution in [0.4, 0.5) is 0 Å². The Bertz CT molecular complexity index is 1310. The first kappa shape index (κ1) is 20.8. The van der Waals surface area contributed by atoms with Gasteiger partial charge in [0.05, 0.1) is 39.5 Å². The summed E-state index contributed by atoms with van der Waals surface area (Å²) in [5, 5.41) is 3.92. The molecule has 4 rings (SSSR count). The number of nitrogens with zero attached hydrogens (tertiary/aromatic N) is 1. The van der Waals surface area contributed by atoms with Crippen LogP contribution in [0.5, 0.6) is 23.0 Å². The van der Waals surface area contributed by atoms with Crippen molar-refractivity contribution < 1.29 is 18.9 Å². The molecular formula is C26H27NO4. The topological polar surface area (TPSA) is 49.8 Å². The Morgan fingerprint density at radius 1 is 0.645 bits per heavy atom. The zero-order chi connectivity index (χ0) is 22.3. The lowest BCUT2D eigenvalue weighted by molar-refractivity contribution is 0.405. The standard InChI is InChI=1S/C26H27NO4/c1-14-13-21(29-5)24-17(9-8-10-20(24)28-4)22(14)18-11-12-19-23(26(18)31-7)15(2)27-16(3)25(19)30-6/h8-13H,1-7H3. The van der Waals surface area contributed by atoms with Crippen LogP contribution >= 0.6 is 0 Å². The molecule has 31 heavy (non-hydrogen) atoms. The summed E-state index contributed by atoms with van der Waals surface area (Å²) >= 11 is 0. The number of benzene rings is 3. The Hall–Kier alpha value is -3.47. The summed E-state index contributed by atoms with van der Waals surface area (Å²) in [4.78, 5) is 4.71. The lowest BCUT2D eigenvalue weighted by Gasteiger charge is -2.20. The summed E-state index contributed by atoms with van der Waals surface area (Å²) in [7, 11) is 6.73. The van der Waals surface area contributed by atoms with Crippen molar-refractivity contribution in [2.24, 2.45) is 0 Å². The van der Waals surface area contributed by atoms with Crippen molar-refractivity contribution >= 4 is 21.5 Å². The summed E-state index contributed by atoms with van der Waals surface area (Å²) in [5.74, 6) is 3.09. The Morgan fingerprint density at radius 2 is 1.35 bits per heavy atom. The molecule has 0 fully saturated rings. The van der Waals surface area contributed by atoms with E-state index in [1.54, 1.807) is 28.4 Å². The van der Waals surface area contributed by atoms with Crippen molar-refractivity contribution in [3.8, 4) is 34.1 Å². The average molecular weight is 418 g/mol. The molecule has 0 aliphatic heterocycles. The van der Waals surface area contributed by atoms with Crippen LogP contribution in [-0.2, 0) is 0 Å². The van der Waals surface area contributed by atoms with E-state index in [0.29, 0.717) is 0 Å². The highest BCUT2D eigenvalue weighted by atomic mass is 16.5. The molecule has 0 unspecified atom stereocenters. The molecule has 0 bridgehead atoms. The fourth-order valence-electron chi connectivity index (χ4n) is 4.59. The highest BCUT2D eigenvalue weighted by Crippen LogP contribution is 2.47. The molecule has 0 spiro atoms. The summed E-state index contributed by atoms with van der Waals surface area (Å²) in [6.07, 6.45) is 0. The molecule has 0 aliphatic rings. The van der Waals surface area contributed by atoms with Gasteiger partial charge in [0.15, 0.2) is 0 Å². The third kappa shape index (κ3) is 3.12. The Balaban J connectivity index is 2.17. The molecule has 1 heterocycles. The summed E-state index contributed by atoms with van der Waals surface area (Å²) in [6.45, 7) is 6.05. The number of aromatic nitrogens is 1. The molecular weight excluding hydrogens is 390 g/mol. The van der Waals surface area contributed by atoms with Gasteiger partial charge in [0, 0.05) is 22.0 Å². The molecule has 0 radical (unpaired) electrons. The van der Waals surface area contributed by atoms with Gasteiger partial charge in [-0.1, -0.05) is 12.1 Å². The van der Waals surface area contributed by atoms with E-state index in [0.717, 1.165) is 72.6 Å². The molecule has 0 saturated heterocycles. The lowest BCUT2D eigenvalue weighted by Crippen LogP contribution is -2.00. The number of methoxy groups -OCH3 is 4. The smallest absolute Gasteiger partial charge is 0.148 e. The quantitative estimate of drug-likeness (QED) is 0.398. The molecule has 0 amide bonds. The monoisotopic (exact) mass is 417 g/mol. The van der Waals surface area contributed by atoms with Crippen LogP contribution in [0.15, 0.2) is 36.4 Å². The highest BCUT2D eigenvalue weighted by Gasteiger charge is 2.22. The second-order valence-corrected chi connectivity index (χ2v) is 7.54. The van der Waals surface area contributed by atoms with E-state index in [1.807, 2.05) is 32.0 Å². The van der Waals surface area contributed by atoms with Crippen LogP contribution in [0.3, 0.4) is 0 Å². The molecule has 0 N–H and O–H groups in total. The van der Waals surface area contributed by atoms with Crippen LogP contribution in [0.2, 0.25) is 0 Å². The molecule has 0 atom stereocenters. The maximum Gasteiger partial charge on any atom is 0.148 e. The van der Waals surface area contributed by atoms with Crippen molar-refractivity contribution in [1.82, 2.24) is 4.98 Å². The minimum absolute atomic E-state index is 0.767. The van der Waals surface area contributed by atoms with Crippen molar-refractivity contribution in [3.63, 3.8) is 0 Å². The van der Waals surface area contributed by atoms with Crippen molar-refractivity contribution in [1.29, 1.82) is 0 Å². The maximum absolute atomic E-state index is 5.99. The van der Waals surface area contributed by atoms with Gasteiger partial charge in [-0.05, 0) is 61.5 Å². The minimum atomic E-state index is 0.767. The fourth-order valence-corrected chi connectivity index (χ4v) is 4.59. The van der Waals surface area contributed by atoms with Gasteiger partial charge in [-0.15, -0.1) is 0 Å². The minimum Gasteiger partial charge on any atom is -0.496 e. The molecule has 0 saturated carbocycles. The molecule has 1 aromatic heterocycles. The normalized spacial score (nSPS) is 11.1. The molecule has 3 aromatic carbocycles. The van der Waals surface area contributed by atoms with E-state index in [2.05, 4.69) is 25.1 Å². The van der Waals surface area contributed by atoms with Gasteiger partial charge < -0.3 is 18.9 Å². The third-order valence-electron chi connectivity index (χ3n) is 5.83. The third-order valence-corrected chi connectivity index (χ3v) is 5.83. The number of pyridine rings is 1. The molecule has 5 heteroatoms. The number of rotatable bonds is 5. The summed E-state index contributed by atoms with van der Waals surface area (Å²) < 4.78 is 23.0. The van der Waals surface area contributed by atoms with E-state index in [9.17, 15) is 0 Å². The predicted octanol–water partition coefficient (Wildman–Crippen LogP) is 6.01. The second-order valence-electron chi connectivity index (χ2n) is 7.54. The first-order valence-electron chi connectivity index (χ1n) is 10.1. The Labute approximate surface area is 182 Å². The SMILES string of the molecule is COc1c(C)nc(C)c2c(OC)c(-c3c(C)cc(OC)c4c(OC)cccc34)ccc12. The first-order valence-corrected chi connectivity index (χ1v) is 10.1. The Kier molecular flexibility index (Phi) is 5.36. The molecule has 4 aromatic rings. The van der Waals surface area contributed by atoms with Crippen LogP contribution < -0.4 is 18.9 Å². The maximum atomic E-state index is 5.99. The second kappa shape index (κ2) is 7.99. The van der Waals surface area contributed by atoms with E-state index in [1.165, 1.54) is 0 Å². The van der Waals surface area contributed by atoms with E-state index >= 15 is 0 Å². The van der Waals surface area contributed by atoms with Crippen molar-refractivity contribution in [3.05, 3.63) is 53.3 Å². The number of aryl methyl sites for hydroxylation is 3. The van der Waals surface area contributed by atoms with Gasteiger partial charge in [-0.2, -0.15) is 0 Å². The van der Waals surface area contributed by atoms with Gasteiger partial charge in [-0.3, -0.25) is 4.98 Å². The number of hydrogen-bond acceptors (Lipinski definition) is 5. The zero-order valence-electron chi connectivity index (χ0n) is 19.0.